The number of hydrogen-bond acceptors (Lipinski definition) is 4. The van der Waals surface area contributed by atoms with E-state index in [0.29, 0.717) is 0 Å². The molecule has 86 valence electrons. The summed E-state index contributed by atoms with van der Waals surface area (Å²) in [6.07, 6.45) is 0.707. The van der Waals surface area contributed by atoms with Crippen molar-refractivity contribution in [3.8, 4) is 0 Å². The Morgan fingerprint density at radius 2 is 2.27 bits per heavy atom. The first kappa shape index (κ1) is 11.9. The zero-order valence-electron chi connectivity index (χ0n) is 8.69. The first-order valence-corrected chi connectivity index (χ1v) is 5.03. The van der Waals surface area contributed by atoms with E-state index in [-0.39, 0.29) is 11.9 Å². The lowest BCUT2D eigenvalue weighted by Gasteiger charge is -2.20. The van der Waals surface area contributed by atoms with E-state index < -0.39 is 18.1 Å². The van der Waals surface area contributed by atoms with Crippen molar-refractivity contribution in [3.05, 3.63) is 0 Å². The maximum atomic E-state index is 11.6. The van der Waals surface area contributed by atoms with E-state index in [1.807, 2.05) is 0 Å². The summed E-state index contributed by atoms with van der Waals surface area (Å²) >= 11 is 0. The Labute approximate surface area is 88.2 Å². The molecule has 0 saturated carbocycles. The van der Waals surface area contributed by atoms with E-state index in [1.165, 1.54) is 6.92 Å². The van der Waals surface area contributed by atoms with Gasteiger partial charge in [-0.1, -0.05) is 0 Å². The number of carbonyl (C=O) groups is 2. The minimum atomic E-state index is -1.01. The van der Waals surface area contributed by atoms with E-state index in [0.717, 1.165) is 19.4 Å². The molecule has 0 aromatic carbocycles. The molecule has 0 aromatic heterocycles. The summed E-state index contributed by atoms with van der Waals surface area (Å²) in [5.74, 6) is -1.01. The lowest BCUT2D eigenvalue weighted by atomic mass is 10.1. The van der Waals surface area contributed by atoms with Crippen molar-refractivity contribution in [2.75, 3.05) is 6.54 Å². The monoisotopic (exact) mass is 215 g/mol. The number of primary amides is 1. The highest BCUT2D eigenvalue weighted by Gasteiger charge is 2.28. The molecule has 1 saturated heterocycles. The Morgan fingerprint density at radius 3 is 2.67 bits per heavy atom. The number of nitrogens with two attached hydrogens (primary N) is 1. The van der Waals surface area contributed by atoms with Crippen molar-refractivity contribution in [2.24, 2.45) is 5.73 Å². The van der Waals surface area contributed by atoms with Crippen LogP contribution in [-0.2, 0) is 9.59 Å². The molecule has 1 rings (SSSR count). The van der Waals surface area contributed by atoms with Gasteiger partial charge in [0.05, 0.1) is 12.1 Å². The van der Waals surface area contributed by atoms with Crippen molar-refractivity contribution in [3.63, 3.8) is 0 Å². The van der Waals surface area contributed by atoms with Gasteiger partial charge in [-0.15, -0.1) is 0 Å². The molecule has 1 heterocycles. The number of carbonyl (C=O) groups excluding carboxylic acids is 2. The molecule has 1 aliphatic rings. The van der Waals surface area contributed by atoms with Crippen LogP contribution < -0.4 is 16.4 Å². The molecule has 0 bridgehead atoms. The SMILES string of the molecule is C[C@@H](O)[C@H](NC(=O)[C@@H]1CCCN1)C(N)=O. The van der Waals surface area contributed by atoms with Gasteiger partial charge in [0.2, 0.25) is 11.8 Å². The summed E-state index contributed by atoms with van der Waals surface area (Å²) in [5, 5.41) is 14.7. The van der Waals surface area contributed by atoms with Crippen LogP contribution in [0.2, 0.25) is 0 Å². The summed E-state index contributed by atoms with van der Waals surface area (Å²) in [4.78, 5) is 22.5. The molecule has 3 atom stereocenters. The molecule has 5 N–H and O–H groups in total. The Bertz CT molecular complexity index is 249. The van der Waals surface area contributed by atoms with Gasteiger partial charge in [-0.3, -0.25) is 9.59 Å². The van der Waals surface area contributed by atoms with Gasteiger partial charge in [-0.05, 0) is 26.3 Å². The van der Waals surface area contributed by atoms with Crippen LogP contribution in [0.1, 0.15) is 19.8 Å². The summed E-state index contributed by atoms with van der Waals surface area (Å²) in [6, 6.07) is -1.29. The summed E-state index contributed by atoms with van der Waals surface area (Å²) in [5.41, 5.74) is 5.05. The van der Waals surface area contributed by atoms with Crippen LogP contribution in [-0.4, -0.2) is 41.7 Å². The van der Waals surface area contributed by atoms with Crippen LogP contribution in [0.4, 0.5) is 0 Å². The first-order chi connectivity index (χ1) is 7.02. The molecule has 0 aliphatic carbocycles. The highest BCUT2D eigenvalue weighted by Crippen LogP contribution is 2.05. The van der Waals surface area contributed by atoms with Crippen LogP contribution in [0.3, 0.4) is 0 Å². The fourth-order valence-electron chi connectivity index (χ4n) is 1.59. The highest BCUT2D eigenvalue weighted by molar-refractivity contribution is 5.89. The molecule has 6 heteroatoms. The number of aliphatic hydroxyl groups is 1. The van der Waals surface area contributed by atoms with Gasteiger partial charge < -0.3 is 21.5 Å². The van der Waals surface area contributed by atoms with Crippen LogP contribution in [0.5, 0.6) is 0 Å². The molecule has 6 nitrogen and oxygen atoms in total. The predicted molar refractivity (Wildman–Crippen MR) is 53.8 cm³/mol. The summed E-state index contributed by atoms with van der Waals surface area (Å²) in [7, 11) is 0. The minimum Gasteiger partial charge on any atom is -0.391 e. The molecule has 1 fully saturated rings. The summed E-state index contributed by atoms with van der Waals surface area (Å²) in [6.45, 7) is 2.21. The molecule has 0 spiro atoms. The average Bonchev–Trinajstić information content (AvgIpc) is 2.65. The quantitative estimate of drug-likeness (QED) is 0.439. The second-order valence-electron chi connectivity index (χ2n) is 3.78. The second kappa shape index (κ2) is 5.09. The third-order valence-corrected chi connectivity index (χ3v) is 2.46. The fraction of sp³-hybridized carbons (Fsp3) is 0.778. The second-order valence-corrected chi connectivity index (χ2v) is 3.78. The van der Waals surface area contributed by atoms with Crippen molar-refractivity contribution in [2.45, 2.75) is 38.0 Å². The number of rotatable bonds is 4. The Balaban J connectivity index is 2.50. The maximum Gasteiger partial charge on any atom is 0.242 e. The molecule has 0 radical (unpaired) electrons. The fourth-order valence-corrected chi connectivity index (χ4v) is 1.59. The predicted octanol–water partition coefficient (Wildman–Crippen LogP) is -1.91. The largest absolute Gasteiger partial charge is 0.391 e. The van der Waals surface area contributed by atoms with Crippen LogP contribution in [0.25, 0.3) is 0 Å². The molecular weight excluding hydrogens is 198 g/mol. The Kier molecular flexibility index (Phi) is 4.05. The normalized spacial score (nSPS) is 24.5. The number of hydrogen-bond donors (Lipinski definition) is 4. The molecule has 0 aromatic rings. The zero-order valence-corrected chi connectivity index (χ0v) is 8.69. The van der Waals surface area contributed by atoms with Crippen LogP contribution >= 0.6 is 0 Å². The standard InChI is InChI=1S/C9H17N3O3/c1-5(13)7(8(10)14)12-9(15)6-3-2-4-11-6/h5-7,11,13H,2-4H2,1H3,(H2,10,14)(H,12,15)/t5-,6+,7+/m1/s1. The molecular formula is C9H17N3O3. The van der Waals surface area contributed by atoms with Crippen molar-refractivity contribution >= 4 is 11.8 Å². The van der Waals surface area contributed by atoms with Crippen molar-refractivity contribution in [1.29, 1.82) is 0 Å². The molecule has 0 unspecified atom stereocenters. The van der Waals surface area contributed by atoms with Gasteiger partial charge >= 0.3 is 0 Å². The lowest BCUT2D eigenvalue weighted by Crippen LogP contribution is -2.54. The third kappa shape index (κ3) is 3.17. The maximum absolute atomic E-state index is 11.6. The topological polar surface area (TPSA) is 104 Å². The average molecular weight is 215 g/mol. The first-order valence-electron chi connectivity index (χ1n) is 5.03. The molecule has 15 heavy (non-hydrogen) atoms. The molecule has 2 amide bonds. The summed E-state index contributed by atoms with van der Waals surface area (Å²) < 4.78 is 0. The zero-order chi connectivity index (χ0) is 11.4. The molecule has 1 aliphatic heterocycles. The van der Waals surface area contributed by atoms with E-state index >= 15 is 0 Å². The third-order valence-electron chi connectivity index (χ3n) is 2.46. The van der Waals surface area contributed by atoms with Gasteiger partial charge in [-0.25, -0.2) is 0 Å². The number of amides is 2. The van der Waals surface area contributed by atoms with Gasteiger partial charge in [0.15, 0.2) is 0 Å². The highest BCUT2D eigenvalue weighted by atomic mass is 16.3. The van der Waals surface area contributed by atoms with Gasteiger partial charge in [0.25, 0.3) is 0 Å². The number of nitrogens with one attached hydrogen (secondary N) is 2. The smallest absolute Gasteiger partial charge is 0.242 e. The van der Waals surface area contributed by atoms with Crippen molar-refractivity contribution in [1.82, 2.24) is 10.6 Å². The minimum absolute atomic E-state index is 0.273. The van der Waals surface area contributed by atoms with E-state index in [9.17, 15) is 14.7 Å². The number of aliphatic hydroxyl groups excluding tert-OH is 1. The van der Waals surface area contributed by atoms with E-state index in [2.05, 4.69) is 10.6 Å². The van der Waals surface area contributed by atoms with E-state index in [1.54, 1.807) is 0 Å². The van der Waals surface area contributed by atoms with E-state index in [4.69, 9.17) is 5.73 Å². The Morgan fingerprint density at radius 1 is 1.60 bits per heavy atom. The Hall–Kier alpha value is -1.14. The van der Waals surface area contributed by atoms with Gasteiger partial charge in [-0.2, -0.15) is 0 Å². The lowest BCUT2D eigenvalue weighted by molar-refractivity contribution is -0.130. The van der Waals surface area contributed by atoms with Crippen molar-refractivity contribution < 1.29 is 14.7 Å². The van der Waals surface area contributed by atoms with Gasteiger partial charge in [0, 0.05) is 0 Å². The van der Waals surface area contributed by atoms with Crippen LogP contribution in [0, 0.1) is 0 Å². The van der Waals surface area contributed by atoms with Gasteiger partial charge in [0.1, 0.15) is 6.04 Å². The van der Waals surface area contributed by atoms with Crippen LogP contribution in [0.15, 0.2) is 0 Å².